The Balaban J connectivity index is 1.72. The largest absolute Gasteiger partial charge is 0.351 e. The van der Waals surface area contributed by atoms with Crippen molar-refractivity contribution in [2.45, 2.75) is 6.04 Å². The van der Waals surface area contributed by atoms with Gasteiger partial charge in [-0.2, -0.15) is 0 Å². The molecule has 3 aromatic carbocycles. The molecular weight excluding hydrogens is 416 g/mol. The van der Waals surface area contributed by atoms with Crippen LogP contribution in [0, 0.1) is 0 Å². The second-order valence-electron chi connectivity index (χ2n) is 7.41. The summed E-state index contributed by atoms with van der Waals surface area (Å²) in [5, 5.41) is 5.13. The molecule has 0 saturated heterocycles. The summed E-state index contributed by atoms with van der Waals surface area (Å²) < 4.78 is 0. The molecule has 1 N–H and O–H groups in total. The van der Waals surface area contributed by atoms with E-state index in [9.17, 15) is 9.59 Å². The summed E-state index contributed by atoms with van der Waals surface area (Å²) in [6, 6.07) is 31.8. The Hall–Kier alpha value is -3.96. The Kier molecular flexibility index (Phi) is 5.40. The van der Waals surface area contributed by atoms with Gasteiger partial charge in [0.05, 0.1) is 16.5 Å². The van der Waals surface area contributed by atoms with Crippen LogP contribution >= 0.6 is 11.3 Å². The van der Waals surface area contributed by atoms with E-state index in [4.69, 9.17) is 0 Å². The Bertz CT molecular complexity index is 1270. The summed E-state index contributed by atoms with van der Waals surface area (Å²) in [5.74, 6) is -0.368. The fraction of sp³-hybridized carbons (Fsp3) is 0.0370. The van der Waals surface area contributed by atoms with Crippen molar-refractivity contribution >= 4 is 34.4 Å². The second-order valence-corrected chi connectivity index (χ2v) is 8.36. The first-order valence-corrected chi connectivity index (χ1v) is 11.2. The molecule has 2 heterocycles. The number of carbonyl (C=O) groups excluding carboxylic acids is 2. The monoisotopic (exact) mass is 436 g/mol. The van der Waals surface area contributed by atoms with E-state index in [2.05, 4.69) is 5.32 Å². The van der Waals surface area contributed by atoms with Crippen LogP contribution < -0.4 is 10.2 Å². The van der Waals surface area contributed by atoms with Gasteiger partial charge in [-0.1, -0.05) is 72.8 Å². The Morgan fingerprint density at radius 3 is 2.03 bits per heavy atom. The second kappa shape index (κ2) is 8.65. The average molecular weight is 437 g/mol. The van der Waals surface area contributed by atoms with Crippen LogP contribution in [0.2, 0.25) is 0 Å². The van der Waals surface area contributed by atoms with E-state index in [0.717, 1.165) is 16.9 Å². The third-order valence-electron chi connectivity index (χ3n) is 5.42. The number of carbonyl (C=O) groups is 2. The van der Waals surface area contributed by atoms with E-state index in [0.29, 0.717) is 16.1 Å². The fourth-order valence-corrected chi connectivity index (χ4v) is 4.67. The molecule has 32 heavy (non-hydrogen) atoms. The van der Waals surface area contributed by atoms with Crippen LogP contribution in [-0.4, -0.2) is 11.7 Å². The maximum absolute atomic E-state index is 13.8. The van der Waals surface area contributed by atoms with Gasteiger partial charge in [-0.25, -0.2) is 0 Å². The highest BCUT2D eigenvalue weighted by Gasteiger charge is 2.44. The lowest BCUT2D eigenvalue weighted by Gasteiger charge is -2.27. The predicted molar refractivity (Wildman–Crippen MR) is 129 cm³/mol. The van der Waals surface area contributed by atoms with E-state index < -0.39 is 6.04 Å². The molecule has 1 aliphatic rings. The molecule has 5 rings (SSSR count). The van der Waals surface area contributed by atoms with E-state index in [1.807, 2.05) is 102 Å². The molecule has 4 aromatic rings. The number of ketones is 1. The van der Waals surface area contributed by atoms with Crippen molar-refractivity contribution < 1.29 is 9.59 Å². The third kappa shape index (κ3) is 3.63. The first kappa shape index (κ1) is 20.0. The number of thiophene rings is 1. The average Bonchev–Trinajstić information content (AvgIpc) is 3.48. The highest BCUT2D eigenvalue weighted by molar-refractivity contribution is 7.12. The molecule has 0 fully saturated rings. The Morgan fingerprint density at radius 1 is 0.781 bits per heavy atom. The van der Waals surface area contributed by atoms with Crippen molar-refractivity contribution in [2.75, 3.05) is 10.2 Å². The van der Waals surface area contributed by atoms with Crippen molar-refractivity contribution in [3.8, 4) is 0 Å². The van der Waals surface area contributed by atoms with Gasteiger partial charge in [-0.15, -0.1) is 11.3 Å². The highest BCUT2D eigenvalue weighted by Crippen LogP contribution is 2.43. The van der Waals surface area contributed by atoms with Gasteiger partial charge in [0.25, 0.3) is 5.91 Å². The van der Waals surface area contributed by atoms with Crippen LogP contribution in [0.15, 0.2) is 120 Å². The van der Waals surface area contributed by atoms with Crippen molar-refractivity contribution in [3.63, 3.8) is 0 Å². The summed E-state index contributed by atoms with van der Waals surface area (Å²) in [4.78, 5) is 29.9. The lowest BCUT2D eigenvalue weighted by Crippen LogP contribution is -2.31. The molecule has 1 aliphatic heterocycles. The van der Waals surface area contributed by atoms with Crippen LogP contribution in [0.5, 0.6) is 0 Å². The number of benzene rings is 3. The fourth-order valence-electron chi connectivity index (χ4n) is 3.99. The normalized spacial score (nSPS) is 15.8. The number of rotatable bonds is 6. The van der Waals surface area contributed by atoms with Gasteiger partial charge in [0, 0.05) is 11.4 Å². The maximum atomic E-state index is 13.8. The molecule has 4 nitrogen and oxygen atoms in total. The zero-order valence-electron chi connectivity index (χ0n) is 17.1. The predicted octanol–water partition coefficient (Wildman–Crippen LogP) is 6.09. The topological polar surface area (TPSA) is 49.4 Å². The zero-order chi connectivity index (χ0) is 21.9. The number of anilines is 2. The summed E-state index contributed by atoms with van der Waals surface area (Å²) in [6.45, 7) is 0. The van der Waals surface area contributed by atoms with Crippen molar-refractivity contribution in [1.82, 2.24) is 0 Å². The van der Waals surface area contributed by atoms with Crippen LogP contribution in [0.3, 0.4) is 0 Å². The number of nitrogens with zero attached hydrogens (tertiary/aromatic N) is 1. The minimum atomic E-state index is -0.535. The van der Waals surface area contributed by atoms with E-state index in [1.165, 1.54) is 11.3 Å². The standard InChI is InChI=1S/C27H20N2O2S/c30-26(22-17-10-18-32-22)23-24(28-20-13-6-2-7-14-20)27(31)29(21-15-8-3-9-16-21)25(23)19-11-4-1-5-12-19/h1-18,25,28H/t25-/m0/s1. The summed E-state index contributed by atoms with van der Waals surface area (Å²) in [5.41, 5.74) is 3.15. The first-order valence-electron chi connectivity index (χ1n) is 10.3. The van der Waals surface area contributed by atoms with Crippen LogP contribution in [0.25, 0.3) is 0 Å². The molecule has 1 aromatic heterocycles. The molecule has 0 radical (unpaired) electrons. The lowest BCUT2D eigenvalue weighted by molar-refractivity contribution is -0.114. The van der Waals surface area contributed by atoms with Gasteiger partial charge in [0.2, 0.25) is 5.78 Å². The van der Waals surface area contributed by atoms with Gasteiger partial charge < -0.3 is 5.32 Å². The maximum Gasteiger partial charge on any atom is 0.276 e. The lowest BCUT2D eigenvalue weighted by atomic mass is 9.94. The van der Waals surface area contributed by atoms with Crippen molar-refractivity contribution in [2.24, 2.45) is 0 Å². The SMILES string of the molecule is O=C(C1=C(Nc2ccccc2)C(=O)N(c2ccccc2)[C@H]1c1ccccc1)c1cccs1. The summed E-state index contributed by atoms with van der Waals surface area (Å²) in [7, 11) is 0. The minimum absolute atomic E-state index is 0.140. The van der Waals surface area contributed by atoms with Gasteiger partial charge in [0.1, 0.15) is 5.70 Å². The molecule has 5 heteroatoms. The molecule has 1 atom stereocenters. The number of nitrogens with one attached hydrogen (secondary N) is 1. The Morgan fingerprint density at radius 2 is 1.41 bits per heavy atom. The van der Waals surface area contributed by atoms with Crippen LogP contribution in [0.1, 0.15) is 21.3 Å². The smallest absolute Gasteiger partial charge is 0.276 e. The number of para-hydroxylation sites is 2. The van der Waals surface area contributed by atoms with Gasteiger partial charge >= 0.3 is 0 Å². The molecule has 0 unspecified atom stereocenters. The summed E-state index contributed by atoms with van der Waals surface area (Å²) in [6.07, 6.45) is 0. The number of hydrogen-bond acceptors (Lipinski definition) is 4. The van der Waals surface area contributed by atoms with Gasteiger partial charge in [-0.05, 0) is 41.3 Å². The van der Waals surface area contributed by atoms with E-state index >= 15 is 0 Å². The number of Topliss-reactive ketones (excluding diaryl/α,β-unsaturated/α-hetero) is 1. The number of hydrogen-bond donors (Lipinski definition) is 1. The van der Waals surface area contributed by atoms with Crippen molar-refractivity contribution in [1.29, 1.82) is 0 Å². The molecule has 0 spiro atoms. The van der Waals surface area contributed by atoms with Crippen LogP contribution in [-0.2, 0) is 4.79 Å². The highest BCUT2D eigenvalue weighted by atomic mass is 32.1. The molecule has 0 saturated carbocycles. The number of amides is 1. The van der Waals surface area contributed by atoms with E-state index in [1.54, 1.807) is 11.0 Å². The molecule has 0 bridgehead atoms. The zero-order valence-corrected chi connectivity index (χ0v) is 18.0. The quantitative estimate of drug-likeness (QED) is 0.372. The van der Waals surface area contributed by atoms with Crippen molar-refractivity contribution in [3.05, 3.63) is 130 Å². The third-order valence-corrected chi connectivity index (χ3v) is 6.28. The van der Waals surface area contributed by atoms with E-state index in [-0.39, 0.29) is 11.7 Å². The molecular formula is C27H20N2O2S. The minimum Gasteiger partial charge on any atom is -0.351 e. The van der Waals surface area contributed by atoms with Gasteiger partial charge in [-0.3, -0.25) is 14.5 Å². The molecule has 156 valence electrons. The van der Waals surface area contributed by atoms with Crippen LogP contribution in [0.4, 0.5) is 11.4 Å². The molecule has 1 amide bonds. The first-order chi connectivity index (χ1) is 15.7. The summed E-state index contributed by atoms with van der Waals surface area (Å²) >= 11 is 1.38. The Labute approximate surface area is 190 Å². The molecule has 0 aliphatic carbocycles. The van der Waals surface area contributed by atoms with Gasteiger partial charge in [0.15, 0.2) is 0 Å².